The van der Waals surface area contributed by atoms with Crippen molar-refractivity contribution in [3.05, 3.63) is 30.3 Å². The Morgan fingerprint density at radius 2 is 2.14 bits per heavy atom. The quantitative estimate of drug-likeness (QED) is 0.631. The van der Waals surface area contributed by atoms with Crippen LogP contribution in [0.2, 0.25) is 0 Å². The number of nitriles is 1. The molecule has 21 heavy (non-hydrogen) atoms. The molecule has 8 heteroatoms. The minimum absolute atomic E-state index is 0.149. The molecule has 110 valence electrons. The Hall–Kier alpha value is -2.21. The van der Waals surface area contributed by atoms with E-state index in [0.717, 1.165) is 0 Å². The highest BCUT2D eigenvalue weighted by molar-refractivity contribution is 7.89. The van der Waals surface area contributed by atoms with E-state index in [-0.39, 0.29) is 17.9 Å². The van der Waals surface area contributed by atoms with Gasteiger partial charge in [0.05, 0.1) is 16.5 Å². The molecule has 0 saturated heterocycles. The number of hydrogen-bond acceptors (Lipinski definition) is 6. The first kappa shape index (κ1) is 15.2. The van der Waals surface area contributed by atoms with Gasteiger partial charge in [-0.25, -0.2) is 19.2 Å². The van der Waals surface area contributed by atoms with Gasteiger partial charge in [0.2, 0.25) is 10.0 Å². The van der Waals surface area contributed by atoms with Crippen LogP contribution in [0.4, 0.5) is 5.82 Å². The molecule has 0 aliphatic carbocycles. The average molecular weight is 305 g/mol. The lowest BCUT2D eigenvalue weighted by atomic mass is 10.2. The van der Waals surface area contributed by atoms with Crippen LogP contribution in [-0.4, -0.2) is 31.3 Å². The number of hydrazine groups is 1. The lowest BCUT2D eigenvalue weighted by Gasteiger charge is -2.16. The van der Waals surface area contributed by atoms with Crippen LogP contribution < -0.4 is 11.3 Å². The summed E-state index contributed by atoms with van der Waals surface area (Å²) in [6.07, 6.45) is 0.149. The Balaban J connectivity index is 2.41. The van der Waals surface area contributed by atoms with Crippen LogP contribution in [0.25, 0.3) is 10.9 Å². The molecule has 1 aromatic carbocycles. The van der Waals surface area contributed by atoms with Crippen molar-refractivity contribution >= 4 is 26.7 Å². The summed E-state index contributed by atoms with van der Waals surface area (Å²) >= 11 is 0. The van der Waals surface area contributed by atoms with Gasteiger partial charge in [0.15, 0.2) is 0 Å². The fraction of sp³-hybridized carbons (Fsp3) is 0.231. The fourth-order valence-corrected chi connectivity index (χ4v) is 3.06. The second-order valence-corrected chi connectivity index (χ2v) is 6.47. The van der Waals surface area contributed by atoms with E-state index in [2.05, 4.69) is 10.4 Å². The van der Waals surface area contributed by atoms with E-state index >= 15 is 0 Å². The lowest BCUT2D eigenvalue weighted by molar-refractivity contribution is 0.476. The second-order valence-electron chi connectivity index (χ2n) is 4.43. The smallest absolute Gasteiger partial charge is 0.242 e. The number of aromatic nitrogens is 1. The molecule has 0 amide bonds. The Bertz CT molecular complexity index is 798. The first-order valence-electron chi connectivity index (χ1n) is 6.20. The van der Waals surface area contributed by atoms with Gasteiger partial charge in [0, 0.05) is 25.4 Å². The predicted octanol–water partition coefficient (Wildman–Crippen LogP) is 1.05. The van der Waals surface area contributed by atoms with Crippen LogP contribution in [0.5, 0.6) is 0 Å². The molecule has 1 heterocycles. The standard InChI is InChI=1S/C13H15N5O2S/c1-18(8-2-7-14)21(19,20)11-4-5-12-10(9-11)3-6-13(16-12)17-15/h3-6,9H,2,8,15H2,1H3,(H,16,17). The third kappa shape index (κ3) is 3.11. The molecule has 2 rings (SSSR count). The Labute approximate surface area is 123 Å². The van der Waals surface area contributed by atoms with Gasteiger partial charge < -0.3 is 5.43 Å². The first-order chi connectivity index (χ1) is 9.98. The molecule has 0 fully saturated rings. The van der Waals surface area contributed by atoms with Gasteiger partial charge in [0.1, 0.15) is 5.82 Å². The molecule has 0 saturated carbocycles. The van der Waals surface area contributed by atoms with Crippen molar-refractivity contribution < 1.29 is 8.42 Å². The minimum Gasteiger partial charge on any atom is -0.308 e. The SMILES string of the molecule is CN(CCC#N)S(=O)(=O)c1ccc2nc(NN)ccc2c1. The summed E-state index contributed by atoms with van der Waals surface area (Å²) in [6.45, 7) is 0.158. The maximum absolute atomic E-state index is 12.4. The van der Waals surface area contributed by atoms with Gasteiger partial charge >= 0.3 is 0 Å². The molecule has 0 bridgehead atoms. The van der Waals surface area contributed by atoms with Crippen LogP contribution in [0.3, 0.4) is 0 Å². The highest BCUT2D eigenvalue weighted by Gasteiger charge is 2.20. The number of sulfonamides is 1. The van der Waals surface area contributed by atoms with Crippen molar-refractivity contribution in [2.24, 2.45) is 5.84 Å². The Morgan fingerprint density at radius 1 is 1.38 bits per heavy atom. The number of fused-ring (bicyclic) bond motifs is 1. The van der Waals surface area contributed by atoms with Gasteiger partial charge in [-0.15, -0.1) is 0 Å². The summed E-state index contributed by atoms with van der Waals surface area (Å²) in [4.78, 5) is 4.40. The molecule has 7 nitrogen and oxygen atoms in total. The summed E-state index contributed by atoms with van der Waals surface area (Å²) in [5.74, 6) is 5.79. The van der Waals surface area contributed by atoms with Crippen LogP contribution in [0.1, 0.15) is 6.42 Å². The molecule has 0 aliphatic rings. The highest BCUT2D eigenvalue weighted by Crippen LogP contribution is 2.21. The predicted molar refractivity (Wildman–Crippen MR) is 79.6 cm³/mol. The first-order valence-corrected chi connectivity index (χ1v) is 7.64. The molecular formula is C13H15N5O2S. The molecular weight excluding hydrogens is 290 g/mol. The molecule has 1 aromatic heterocycles. The van der Waals surface area contributed by atoms with Crippen LogP contribution in [0.15, 0.2) is 35.2 Å². The molecule has 3 N–H and O–H groups in total. The van der Waals surface area contributed by atoms with Crippen molar-refractivity contribution in [1.82, 2.24) is 9.29 Å². The van der Waals surface area contributed by atoms with Crippen molar-refractivity contribution in [2.45, 2.75) is 11.3 Å². The zero-order valence-corrected chi connectivity index (χ0v) is 12.3. The maximum Gasteiger partial charge on any atom is 0.242 e. The molecule has 0 unspecified atom stereocenters. The van der Waals surface area contributed by atoms with E-state index in [4.69, 9.17) is 11.1 Å². The van der Waals surface area contributed by atoms with Gasteiger partial charge in [-0.3, -0.25) is 0 Å². The number of rotatable bonds is 5. The molecule has 2 aromatic rings. The highest BCUT2D eigenvalue weighted by atomic mass is 32.2. The molecule has 0 aliphatic heterocycles. The van der Waals surface area contributed by atoms with Crippen molar-refractivity contribution in [2.75, 3.05) is 19.0 Å². The number of nitrogen functional groups attached to an aromatic ring is 1. The number of nitrogens with zero attached hydrogens (tertiary/aromatic N) is 3. The van der Waals surface area contributed by atoms with Gasteiger partial charge in [-0.2, -0.15) is 9.57 Å². The lowest BCUT2D eigenvalue weighted by Crippen LogP contribution is -2.27. The number of hydrogen-bond donors (Lipinski definition) is 2. The molecule has 0 radical (unpaired) electrons. The largest absolute Gasteiger partial charge is 0.308 e. The zero-order valence-electron chi connectivity index (χ0n) is 11.4. The second kappa shape index (κ2) is 6.05. The summed E-state index contributed by atoms with van der Waals surface area (Å²) in [6, 6.07) is 10.0. The van der Waals surface area contributed by atoms with E-state index in [1.54, 1.807) is 24.3 Å². The van der Waals surface area contributed by atoms with E-state index < -0.39 is 10.0 Å². The third-order valence-electron chi connectivity index (χ3n) is 3.06. The van der Waals surface area contributed by atoms with Crippen LogP contribution in [-0.2, 0) is 10.0 Å². The zero-order chi connectivity index (χ0) is 15.5. The van der Waals surface area contributed by atoms with Gasteiger partial charge in [-0.1, -0.05) is 0 Å². The van der Waals surface area contributed by atoms with Gasteiger partial charge in [-0.05, 0) is 30.3 Å². The molecule has 0 spiro atoms. The van der Waals surface area contributed by atoms with E-state index in [9.17, 15) is 8.42 Å². The van der Waals surface area contributed by atoms with E-state index in [0.29, 0.717) is 16.7 Å². The number of nitrogens with one attached hydrogen (secondary N) is 1. The normalized spacial score (nSPS) is 11.5. The summed E-state index contributed by atoms with van der Waals surface area (Å²) in [7, 11) is -2.15. The van der Waals surface area contributed by atoms with E-state index in [1.165, 1.54) is 17.4 Å². The fourth-order valence-electron chi connectivity index (χ4n) is 1.85. The maximum atomic E-state index is 12.4. The summed E-state index contributed by atoms with van der Waals surface area (Å²) in [5.41, 5.74) is 3.08. The number of nitrogens with two attached hydrogens (primary N) is 1. The van der Waals surface area contributed by atoms with Crippen LogP contribution >= 0.6 is 0 Å². The van der Waals surface area contributed by atoms with E-state index in [1.807, 2.05) is 6.07 Å². The average Bonchev–Trinajstić information content (AvgIpc) is 2.51. The van der Waals surface area contributed by atoms with Crippen molar-refractivity contribution in [3.8, 4) is 6.07 Å². The van der Waals surface area contributed by atoms with Crippen LogP contribution in [0, 0.1) is 11.3 Å². The molecule has 0 atom stereocenters. The third-order valence-corrected chi connectivity index (χ3v) is 4.91. The minimum atomic E-state index is -3.60. The van der Waals surface area contributed by atoms with Crippen molar-refractivity contribution in [3.63, 3.8) is 0 Å². The summed E-state index contributed by atoms with van der Waals surface area (Å²) in [5, 5.41) is 9.24. The van der Waals surface area contributed by atoms with Crippen molar-refractivity contribution in [1.29, 1.82) is 5.26 Å². The number of anilines is 1. The number of pyridine rings is 1. The number of benzene rings is 1. The topological polar surface area (TPSA) is 112 Å². The monoisotopic (exact) mass is 305 g/mol. The Kier molecular flexibility index (Phi) is 4.37. The summed E-state index contributed by atoms with van der Waals surface area (Å²) < 4.78 is 25.9. The Morgan fingerprint density at radius 3 is 2.81 bits per heavy atom. The van der Waals surface area contributed by atoms with Gasteiger partial charge in [0.25, 0.3) is 0 Å².